The van der Waals surface area contributed by atoms with E-state index in [0.717, 1.165) is 24.2 Å². The highest BCUT2D eigenvalue weighted by Crippen LogP contribution is 2.28. The standard InChI is InChI=1S/C18H19Cl2N3S/c19-13-8-9-17(16(20)11-13)22-18(24)23(15-6-1-2-7-15)12-14-5-3-4-10-21-14/h3-5,8-11,15H,1-2,6-7,12H2,(H,22,24). The lowest BCUT2D eigenvalue weighted by molar-refractivity contribution is 0.309. The first kappa shape index (κ1) is 17.5. The van der Waals surface area contributed by atoms with Gasteiger partial charge in [-0.15, -0.1) is 0 Å². The van der Waals surface area contributed by atoms with E-state index in [4.69, 9.17) is 35.4 Å². The molecule has 3 rings (SSSR count). The molecule has 0 radical (unpaired) electrons. The van der Waals surface area contributed by atoms with Gasteiger partial charge in [0.2, 0.25) is 0 Å². The van der Waals surface area contributed by atoms with E-state index in [1.807, 2.05) is 30.5 Å². The van der Waals surface area contributed by atoms with Gasteiger partial charge in [0, 0.05) is 17.3 Å². The first-order valence-electron chi connectivity index (χ1n) is 8.06. The smallest absolute Gasteiger partial charge is 0.174 e. The molecule has 1 heterocycles. The molecule has 0 aliphatic heterocycles. The first-order chi connectivity index (χ1) is 11.6. The maximum absolute atomic E-state index is 6.26. The van der Waals surface area contributed by atoms with Gasteiger partial charge in [-0.2, -0.15) is 0 Å². The van der Waals surface area contributed by atoms with E-state index in [2.05, 4.69) is 15.2 Å². The van der Waals surface area contributed by atoms with Crippen molar-refractivity contribution >= 4 is 46.2 Å². The highest BCUT2D eigenvalue weighted by Gasteiger charge is 2.25. The van der Waals surface area contributed by atoms with Crippen molar-refractivity contribution in [3.05, 3.63) is 58.3 Å². The maximum Gasteiger partial charge on any atom is 0.174 e. The molecule has 0 unspecified atom stereocenters. The van der Waals surface area contributed by atoms with Crippen molar-refractivity contribution in [1.29, 1.82) is 0 Å². The summed E-state index contributed by atoms with van der Waals surface area (Å²) in [7, 11) is 0. The van der Waals surface area contributed by atoms with Gasteiger partial charge < -0.3 is 10.2 Å². The molecule has 1 aromatic carbocycles. The summed E-state index contributed by atoms with van der Waals surface area (Å²) in [5.74, 6) is 0. The molecule has 1 aromatic heterocycles. The van der Waals surface area contributed by atoms with E-state index in [0.29, 0.717) is 27.7 Å². The summed E-state index contributed by atoms with van der Waals surface area (Å²) in [5.41, 5.74) is 1.78. The third-order valence-electron chi connectivity index (χ3n) is 4.26. The van der Waals surface area contributed by atoms with Crippen LogP contribution in [0.25, 0.3) is 0 Å². The Morgan fingerprint density at radius 2 is 2.00 bits per heavy atom. The van der Waals surface area contributed by atoms with Gasteiger partial charge in [-0.1, -0.05) is 42.1 Å². The average molecular weight is 380 g/mol. The molecule has 1 saturated carbocycles. The van der Waals surface area contributed by atoms with Gasteiger partial charge in [0.05, 0.1) is 22.9 Å². The summed E-state index contributed by atoms with van der Waals surface area (Å²) in [6.07, 6.45) is 6.61. The second-order valence-corrected chi connectivity index (χ2v) is 7.17. The summed E-state index contributed by atoms with van der Waals surface area (Å²) in [6, 6.07) is 11.8. The highest BCUT2D eigenvalue weighted by molar-refractivity contribution is 7.80. The zero-order chi connectivity index (χ0) is 16.9. The Hall–Kier alpha value is -1.36. The quantitative estimate of drug-likeness (QED) is 0.706. The maximum atomic E-state index is 6.26. The van der Waals surface area contributed by atoms with Gasteiger partial charge in [-0.25, -0.2) is 0 Å². The number of hydrogen-bond donors (Lipinski definition) is 1. The SMILES string of the molecule is S=C(Nc1ccc(Cl)cc1Cl)N(Cc1ccccn1)C1CCCC1. The van der Waals surface area contributed by atoms with Crippen molar-refractivity contribution in [2.75, 3.05) is 5.32 Å². The van der Waals surface area contributed by atoms with Crippen LogP contribution in [0.2, 0.25) is 10.0 Å². The number of halogens is 2. The molecule has 0 spiro atoms. The Labute approximate surface area is 158 Å². The molecule has 2 aromatic rings. The Morgan fingerprint density at radius 1 is 1.21 bits per heavy atom. The minimum atomic E-state index is 0.443. The number of anilines is 1. The molecule has 0 amide bonds. The average Bonchev–Trinajstić information content (AvgIpc) is 3.10. The summed E-state index contributed by atoms with van der Waals surface area (Å²) in [4.78, 5) is 6.67. The topological polar surface area (TPSA) is 28.2 Å². The largest absolute Gasteiger partial charge is 0.340 e. The lowest BCUT2D eigenvalue weighted by atomic mass is 10.2. The lowest BCUT2D eigenvalue weighted by Crippen LogP contribution is -2.41. The zero-order valence-corrected chi connectivity index (χ0v) is 15.5. The number of pyridine rings is 1. The fourth-order valence-electron chi connectivity index (χ4n) is 3.03. The first-order valence-corrected chi connectivity index (χ1v) is 9.22. The van der Waals surface area contributed by atoms with Gasteiger partial charge in [0.25, 0.3) is 0 Å². The predicted octanol–water partition coefficient (Wildman–Crippen LogP) is 5.53. The molecule has 24 heavy (non-hydrogen) atoms. The van der Waals surface area contributed by atoms with Crippen LogP contribution in [0.4, 0.5) is 5.69 Å². The van der Waals surface area contributed by atoms with Crippen LogP contribution in [-0.2, 0) is 6.54 Å². The molecule has 1 fully saturated rings. The molecule has 0 atom stereocenters. The second kappa shape index (κ2) is 8.15. The van der Waals surface area contributed by atoms with Crippen LogP contribution in [0.1, 0.15) is 31.4 Å². The van der Waals surface area contributed by atoms with Crippen LogP contribution in [-0.4, -0.2) is 21.0 Å². The van der Waals surface area contributed by atoms with Gasteiger partial charge in [0.15, 0.2) is 5.11 Å². The van der Waals surface area contributed by atoms with Crippen LogP contribution in [0, 0.1) is 0 Å². The van der Waals surface area contributed by atoms with Crippen LogP contribution < -0.4 is 5.32 Å². The molecular formula is C18H19Cl2N3S. The number of thiocarbonyl (C=S) groups is 1. The number of rotatable bonds is 4. The minimum Gasteiger partial charge on any atom is -0.340 e. The molecule has 126 valence electrons. The number of aromatic nitrogens is 1. The van der Waals surface area contributed by atoms with Crippen molar-refractivity contribution in [1.82, 2.24) is 9.88 Å². The summed E-state index contributed by atoms with van der Waals surface area (Å²) in [5, 5.41) is 5.12. The fraction of sp³-hybridized carbons (Fsp3) is 0.333. The molecular weight excluding hydrogens is 361 g/mol. The van der Waals surface area contributed by atoms with Crippen molar-refractivity contribution in [2.45, 2.75) is 38.3 Å². The Kier molecular flexibility index (Phi) is 5.93. The van der Waals surface area contributed by atoms with Crippen molar-refractivity contribution in [3.8, 4) is 0 Å². The van der Waals surface area contributed by atoms with E-state index in [-0.39, 0.29) is 0 Å². The van der Waals surface area contributed by atoms with E-state index in [9.17, 15) is 0 Å². The number of hydrogen-bond acceptors (Lipinski definition) is 2. The fourth-order valence-corrected chi connectivity index (χ4v) is 3.81. The molecule has 1 aliphatic rings. The van der Waals surface area contributed by atoms with Crippen LogP contribution in [0.3, 0.4) is 0 Å². The predicted molar refractivity (Wildman–Crippen MR) is 105 cm³/mol. The van der Waals surface area contributed by atoms with Gasteiger partial charge >= 0.3 is 0 Å². The van der Waals surface area contributed by atoms with Gasteiger partial charge in [-0.3, -0.25) is 4.98 Å². The molecule has 0 bridgehead atoms. The summed E-state index contributed by atoms with van der Waals surface area (Å²) in [6.45, 7) is 0.697. The lowest BCUT2D eigenvalue weighted by Gasteiger charge is -2.31. The molecule has 1 N–H and O–H groups in total. The molecule has 3 nitrogen and oxygen atoms in total. The van der Waals surface area contributed by atoms with E-state index < -0.39 is 0 Å². The Morgan fingerprint density at radius 3 is 2.67 bits per heavy atom. The van der Waals surface area contributed by atoms with Crippen molar-refractivity contribution in [2.24, 2.45) is 0 Å². The molecule has 1 aliphatic carbocycles. The minimum absolute atomic E-state index is 0.443. The second-order valence-electron chi connectivity index (χ2n) is 5.94. The summed E-state index contributed by atoms with van der Waals surface area (Å²) < 4.78 is 0. The normalized spacial score (nSPS) is 14.6. The van der Waals surface area contributed by atoms with E-state index in [1.54, 1.807) is 12.1 Å². The molecule has 0 saturated heterocycles. The third kappa shape index (κ3) is 4.38. The van der Waals surface area contributed by atoms with Crippen molar-refractivity contribution in [3.63, 3.8) is 0 Å². The van der Waals surface area contributed by atoms with E-state index >= 15 is 0 Å². The molecule has 6 heteroatoms. The monoisotopic (exact) mass is 379 g/mol. The number of nitrogens with zero attached hydrogens (tertiary/aromatic N) is 2. The van der Waals surface area contributed by atoms with Crippen LogP contribution in [0.15, 0.2) is 42.6 Å². The zero-order valence-electron chi connectivity index (χ0n) is 13.2. The van der Waals surface area contributed by atoms with Crippen LogP contribution >= 0.6 is 35.4 Å². The highest BCUT2D eigenvalue weighted by atomic mass is 35.5. The Bertz CT molecular complexity index is 703. The van der Waals surface area contributed by atoms with Crippen LogP contribution in [0.5, 0.6) is 0 Å². The Balaban J connectivity index is 1.77. The number of benzene rings is 1. The summed E-state index contributed by atoms with van der Waals surface area (Å²) >= 11 is 17.9. The van der Waals surface area contributed by atoms with Gasteiger partial charge in [-0.05, 0) is 55.4 Å². The van der Waals surface area contributed by atoms with Gasteiger partial charge in [0.1, 0.15) is 0 Å². The number of nitrogens with one attached hydrogen (secondary N) is 1. The van der Waals surface area contributed by atoms with E-state index in [1.165, 1.54) is 12.8 Å². The third-order valence-corrected chi connectivity index (χ3v) is 5.14. The van der Waals surface area contributed by atoms with Crippen molar-refractivity contribution < 1.29 is 0 Å².